The summed E-state index contributed by atoms with van der Waals surface area (Å²) in [4.78, 5) is 15.9. The van der Waals surface area contributed by atoms with Gasteiger partial charge in [-0.3, -0.25) is 9.78 Å². The number of sulfone groups is 1. The van der Waals surface area contributed by atoms with Gasteiger partial charge in [0, 0.05) is 29.7 Å². The van der Waals surface area contributed by atoms with Crippen molar-refractivity contribution in [3.8, 4) is 0 Å². The third-order valence-electron chi connectivity index (χ3n) is 3.01. The van der Waals surface area contributed by atoms with Gasteiger partial charge in [0.05, 0.1) is 11.5 Å². The van der Waals surface area contributed by atoms with Gasteiger partial charge >= 0.3 is 0 Å². The topological polar surface area (TPSA) is 64.1 Å². The second-order valence-electron chi connectivity index (χ2n) is 4.70. The van der Waals surface area contributed by atoms with E-state index in [9.17, 15) is 13.2 Å². The smallest absolute Gasteiger partial charge is 0.150 e. The van der Waals surface area contributed by atoms with Gasteiger partial charge in [-0.2, -0.15) is 0 Å². The van der Waals surface area contributed by atoms with E-state index in [-0.39, 0.29) is 23.2 Å². The van der Waals surface area contributed by atoms with Gasteiger partial charge in [0.1, 0.15) is 5.78 Å². The van der Waals surface area contributed by atoms with Crippen LogP contribution >= 0.6 is 15.9 Å². The number of pyridine rings is 1. The quantitative estimate of drug-likeness (QED) is 0.843. The highest BCUT2D eigenvalue weighted by atomic mass is 79.9. The second-order valence-corrected chi connectivity index (χ2v) is 7.84. The van der Waals surface area contributed by atoms with Gasteiger partial charge in [-0.25, -0.2) is 8.42 Å². The number of hydrogen-bond donors (Lipinski definition) is 0. The van der Waals surface area contributed by atoms with Crippen molar-refractivity contribution >= 4 is 31.6 Å². The van der Waals surface area contributed by atoms with Crippen LogP contribution in [-0.4, -0.2) is 30.7 Å². The molecule has 0 bridgehead atoms. The maximum absolute atomic E-state index is 11.9. The lowest BCUT2D eigenvalue weighted by Crippen LogP contribution is -2.12. The Bertz CT molecular complexity index is 556. The van der Waals surface area contributed by atoms with E-state index in [2.05, 4.69) is 20.9 Å². The summed E-state index contributed by atoms with van der Waals surface area (Å²) >= 11 is 3.30. The van der Waals surface area contributed by atoms with Crippen LogP contribution in [0.4, 0.5) is 0 Å². The van der Waals surface area contributed by atoms with Crippen LogP contribution in [0.3, 0.4) is 0 Å². The number of carbonyl (C=O) groups is 1. The van der Waals surface area contributed by atoms with E-state index in [1.54, 1.807) is 12.4 Å². The molecule has 1 aliphatic rings. The summed E-state index contributed by atoms with van der Waals surface area (Å²) in [5.74, 6) is 0.471. The zero-order valence-electron chi connectivity index (χ0n) is 9.80. The SMILES string of the molecule is O=C(Cc1cncc(Br)c1)CC1CCS(=O)(=O)C1. The summed E-state index contributed by atoms with van der Waals surface area (Å²) in [5.41, 5.74) is 0.857. The number of halogens is 1. The first-order valence-corrected chi connectivity index (χ1v) is 8.37. The average Bonchev–Trinajstić information content (AvgIpc) is 2.57. The Morgan fingerprint density at radius 1 is 1.44 bits per heavy atom. The van der Waals surface area contributed by atoms with Crippen molar-refractivity contribution in [2.75, 3.05) is 11.5 Å². The van der Waals surface area contributed by atoms with Crippen LogP contribution in [0.2, 0.25) is 0 Å². The molecule has 1 aromatic heterocycles. The number of Topliss-reactive ketones (excluding diaryl/α,β-unsaturated/α-hetero) is 1. The molecular weight excluding hydrogens is 318 g/mol. The van der Waals surface area contributed by atoms with Gasteiger partial charge in [-0.05, 0) is 39.9 Å². The predicted molar refractivity (Wildman–Crippen MR) is 72.0 cm³/mol. The fraction of sp³-hybridized carbons (Fsp3) is 0.500. The molecule has 1 unspecified atom stereocenters. The molecule has 0 saturated carbocycles. The molecule has 0 aliphatic carbocycles. The molecular formula is C12H14BrNO3S. The molecule has 98 valence electrons. The van der Waals surface area contributed by atoms with E-state index in [1.165, 1.54) is 0 Å². The van der Waals surface area contributed by atoms with Crippen LogP contribution in [0.15, 0.2) is 22.9 Å². The Hall–Kier alpha value is -0.750. The van der Waals surface area contributed by atoms with Crippen molar-refractivity contribution in [2.45, 2.75) is 19.3 Å². The van der Waals surface area contributed by atoms with Gasteiger partial charge in [-0.1, -0.05) is 0 Å². The first-order chi connectivity index (χ1) is 8.44. The zero-order valence-corrected chi connectivity index (χ0v) is 12.2. The fourth-order valence-electron chi connectivity index (χ4n) is 2.21. The Labute approximate surface area is 115 Å². The maximum Gasteiger partial charge on any atom is 0.150 e. The van der Waals surface area contributed by atoms with Gasteiger partial charge in [0.25, 0.3) is 0 Å². The van der Waals surface area contributed by atoms with Crippen molar-refractivity contribution < 1.29 is 13.2 Å². The molecule has 1 aliphatic heterocycles. The summed E-state index contributed by atoms with van der Waals surface area (Å²) in [6, 6.07) is 1.86. The van der Waals surface area contributed by atoms with Crippen LogP contribution in [-0.2, 0) is 21.1 Å². The standard InChI is InChI=1S/C12H14BrNO3S/c13-11-3-10(6-14-7-11)5-12(15)4-9-1-2-18(16,17)8-9/h3,6-7,9H,1-2,4-5,8H2. The van der Waals surface area contributed by atoms with Gasteiger partial charge < -0.3 is 0 Å². The maximum atomic E-state index is 11.9. The molecule has 1 fully saturated rings. The molecule has 0 aromatic carbocycles. The minimum absolute atomic E-state index is 0.00242. The molecule has 18 heavy (non-hydrogen) atoms. The van der Waals surface area contributed by atoms with Crippen molar-refractivity contribution in [1.82, 2.24) is 4.98 Å². The average molecular weight is 332 g/mol. The summed E-state index contributed by atoms with van der Waals surface area (Å²) in [6.07, 6.45) is 4.62. The van der Waals surface area contributed by atoms with Crippen LogP contribution in [0.5, 0.6) is 0 Å². The van der Waals surface area contributed by atoms with Crippen LogP contribution in [0.25, 0.3) is 0 Å². The number of ketones is 1. The predicted octanol–water partition coefficient (Wildman–Crippen LogP) is 1.78. The van der Waals surface area contributed by atoms with E-state index in [0.717, 1.165) is 10.0 Å². The molecule has 0 N–H and O–H groups in total. The molecule has 1 saturated heterocycles. The van der Waals surface area contributed by atoms with Crippen LogP contribution in [0, 0.1) is 5.92 Å². The van der Waals surface area contributed by atoms with Gasteiger partial charge in [0.2, 0.25) is 0 Å². The van der Waals surface area contributed by atoms with Gasteiger partial charge in [0.15, 0.2) is 9.84 Å². The molecule has 6 heteroatoms. The number of aromatic nitrogens is 1. The molecule has 0 spiro atoms. The normalized spacial score (nSPS) is 21.9. The highest BCUT2D eigenvalue weighted by Gasteiger charge is 2.29. The van der Waals surface area contributed by atoms with Gasteiger partial charge in [-0.15, -0.1) is 0 Å². The Morgan fingerprint density at radius 3 is 2.83 bits per heavy atom. The number of hydrogen-bond acceptors (Lipinski definition) is 4. The van der Waals surface area contributed by atoms with E-state index >= 15 is 0 Å². The Morgan fingerprint density at radius 2 is 2.22 bits per heavy atom. The first-order valence-electron chi connectivity index (χ1n) is 5.76. The number of carbonyl (C=O) groups excluding carboxylic acids is 1. The monoisotopic (exact) mass is 331 g/mol. The summed E-state index contributed by atoms with van der Waals surface area (Å²) in [6.45, 7) is 0. The highest BCUT2D eigenvalue weighted by molar-refractivity contribution is 9.10. The Kier molecular flexibility index (Phi) is 4.17. The summed E-state index contributed by atoms with van der Waals surface area (Å²) in [7, 11) is -2.89. The van der Waals surface area contributed by atoms with Crippen LogP contribution < -0.4 is 0 Å². The van der Waals surface area contributed by atoms with E-state index in [0.29, 0.717) is 19.3 Å². The van der Waals surface area contributed by atoms with Crippen molar-refractivity contribution in [1.29, 1.82) is 0 Å². The molecule has 4 nitrogen and oxygen atoms in total. The van der Waals surface area contributed by atoms with Crippen molar-refractivity contribution in [3.05, 3.63) is 28.5 Å². The van der Waals surface area contributed by atoms with E-state index in [1.807, 2.05) is 6.07 Å². The zero-order chi connectivity index (χ0) is 13.2. The van der Waals surface area contributed by atoms with Crippen LogP contribution in [0.1, 0.15) is 18.4 Å². The third-order valence-corrected chi connectivity index (χ3v) is 5.28. The molecule has 2 heterocycles. The molecule has 1 atom stereocenters. The lowest BCUT2D eigenvalue weighted by molar-refractivity contribution is -0.119. The largest absolute Gasteiger partial charge is 0.299 e. The fourth-order valence-corrected chi connectivity index (χ4v) is 4.48. The summed E-state index contributed by atoms with van der Waals surface area (Å²) in [5, 5.41) is 0. The first kappa shape index (κ1) is 13.7. The van der Waals surface area contributed by atoms with Crippen molar-refractivity contribution in [3.63, 3.8) is 0 Å². The number of rotatable bonds is 4. The lowest BCUT2D eigenvalue weighted by atomic mass is 9.99. The highest BCUT2D eigenvalue weighted by Crippen LogP contribution is 2.22. The second kappa shape index (κ2) is 5.48. The third kappa shape index (κ3) is 3.88. The van der Waals surface area contributed by atoms with Crippen molar-refractivity contribution in [2.24, 2.45) is 5.92 Å². The minimum Gasteiger partial charge on any atom is -0.299 e. The molecule has 2 rings (SSSR count). The molecule has 0 radical (unpaired) electrons. The molecule has 0 amide bonds. The van der Waals surface area contributed by atoms with E-state index in [4.69, 9.17) is 0 Å². The Balaban J connectivity index is 1.90. The number of nitrogens with zero attached hydrogens (tertiary/aromatic N) is 1. The van der Waals surface area contributed by atoms with E-state index < -0.39 is 9.84 Å². The minimum atomic E-state index is -2.89. The lowest BCUT2D eigenvalue weighted by Gasteiger charge is -2.06. The summed E-state index contributed by atoms with van der Waals surface area (Å²) < 4.78 is 23.4. The molecule has 1 aromatic rings.